The largest absolute Gasteiger partial charge is 0.497 e. The van der Waals surface area contributed by atoms with E-state index in [0.29, 0.717) is 13.0 Å². The van der Waals surface area contributed by atoms with Crippen molar-refractivity contribution in [1.82, 2.24) is 10.6 Å². The van der Waals surface area contributed by atoms with Gasteiger partial charge in [-0.2, -0.15) is 0 Å². The summed E-state index contributed by atoms with van der Waals surface area (Å²) in [5.74, 6) is 0.762. The van der Waals surface area contributed by atoms with E-state index in [-0.39, 0.29) is 6.54 Å². The molecule has 4 N–H and O–H groups in total. The molecule has 0 aliphatic rings. The van der Waals surface area contributed by atoms with Gasteiger partial charge in [0.15, 0.2) is 0 Å². The third kappa shape index (κ3) is 6.75. The van der Waals surface area contributed by atoms with Crippen molar-refractivity contribution in [2.75, 3.05) is 32.6 Å². The van der Waals surface area contributed by atoms with Crippen LogP contribution in [0.4, 0.5) is 10.5 Å². The molecule has 0 radical (unpaired) electrons. The first-order chi connectivity index (χ1) is 13.4. The molecule has 2 rings (SSSR count). The van der Waals surface area contributed by atoms with Gasteiger partial charge in [-0.05, 0) is 29.7 Å². The predicted octanol–water partition coefficient (Wildman–Crippen LogP) is 2.09. The molecule has 0 aliphatic carbocycles. The van der Waals surface area contributed by atoms with Crippen molar-refractivity contribution in [3.8, 4) is 5.75 Å². The Kier molecular flexibility index (Phi) is 8.10. The maximum atomic E-state index is 11.1. The van der Waals surface area contributed by atoms with Crippen LogP contribution in [0.25, 0.3) is 0 Å². The smallest absolute Gasteiger partial charge is 0.404 e. The summed E-state index contributed by atoms with van der Waals surface area (Å²) >= 11 is 0. The lowest BCUT2D eigenvalue weighted by Crippen LogP contribution is -2.48. The molecule has 7 nitrogen and oxygen atoms in total. The van der Waals surface area contributed by atoms with Crippen molar-refractivity contribution in [3.63, 3.8) is 0 Å². The van der Waals surface area contributed by atoms with E-state index < -0.39 is 18.2 Å². The van der Waals surface area contributed by atoms with Crippen LogP contribution in [0, 0.1) is 0 Å². The molecular weight excluding hydrogens is 358 g/mol. The maximum Gasteiger partial charge on any atom is 0.404 e. The van der Waals surface area contributed by atoms with Crippen molar-refractivity contribution in [2.24, 2.45) is 0 Å². The Morgan fingerprint density at radius 1 is 1.14 bits per heavy atom. The summed E-state index contributed by atoms with van der Waals surface area (Å²) in [6.07, 6.45) is -1.60. The first-order valence-electron chi connectivity index (χ1n) is 9.16. The van der Waals surface area contributed by atoms with Crippen molar-refractivity contribution < 1.29 is 19.7 Å². The number of nitrogens with one attached hydrogen (secondary N) is 2. The fourth-order valence-electron chi connectivity index (χ4n) is 2.94. The van der Waals surface area contributed by atoms with Gasteiger partial charge in [0.2, 0.25) is 0 Å². The Bertz CT molecular complexity index is 753. The molecule has 2 aromatic rings. The zero-order valence-corrected chi connectivity index (χ0v) is 16.6. The first kappa shape index (κ1) is 21.5. The molecule has 1 amide bonds. The number of carboxylic acid groups (broad SMARTS) is 1. The minimum Gasteiger partial charge on any atom is -0.497 e. The van der Waals surface area contributed by atoms with E-state index in [1.165, 1.54) is 0 Å². The number of ether oxygens (including phenoxy) is 1. The molecule has 0 fully saturated rings. The molecule has 2 aromatic carbocycles. The van der Waals surface area contributed by atoms with Gasteiger partial charge in [0.1, 0.15) is 5.75 Å². The van der Waals surface area contributed by atoms with Crippen LogP contribution < -0.4 is 20.3 Å². The average molecular weight is 387 g/mol. The standard InChI is InChI=1S/C21H29N3O4/c1-24(2)17-9-16(10-18(12-17)28-3)13-22-14-20(25)19(23-21(26)27)11-15-7-5-4-6-8-15/h4-10,12,19-20,22-23,25H,11,13-14H2,1-3H3,(H,26,27)/t19-,20-/m0/s1. The second kappa shape index (κ2) is 10.5. The quantitative estimate of drug-likeness (QED) is 0.499. The van der Waals surface area contributed by atoms with Gasteiger partial charge in [-0.1, -0.05) is 30.3 Å². The van der Waals surface area contributed by atoms with Gasteiger partial charge in [0.05, 0.1) is 19.3 Å². The normalized spacial score (nSPS) is 12.9. The minimum atomic E-state index is -1.15. The van der Waals surface area contributed by atoms with Crippen LogP contribution in [0.1, 0.15) is 11.1 Å². The lowest BCUT2D eigenvalue weighted by molar-refractivity contribution is 0.117. The van der Waals surface area contributed by atoms with Gasteiger partial charge in [-0.3, -0.25) is 0 Å². The molecule has 2 atom stereocenters. The monoisotopic (exact) mass is 387 g/mol. The van der Waals surface area contributed by atoms with Crippen LogP contribution in [0.5, 0.6) is 5.75 Å². The highest BCUT2D eigenvalue weighted by molar-refractivity contribution is 5.65. The molecule has 0 spiro atoms. The van der Waals surface area contributed by atoms with Gasteiger partial charge in [-0.25, -0.2) is 4.79 Å². The van der Waals surface area contributed by atoms with Gasteiger partial charge < -0.3 is 30.5 Å². The molecule has 152 valence electrons. The molecule has 0 saturated carbocycles. The van der Waals surface area contributed by atoms with Crippen molar-refractivity contribution >= 4 is 11.8 Å². The lowest BCUT2D eigenvalue weighted by Gasteiger charge is -2.23. The zero-order chi connectivity index (χ0) is 20.5. The second-order valence-corrected chi connectivity index (χ2v) is 6.88. The van der Waals surface area contributed by atoms with Crippen LogP contribution in [0.15, 0.2) is 48.5 Å². The molecule has 28 heavy (non-hydrogen) atoms. The fraction of sp³-hybridized carbons (Fsp3) is 0.381. The molecule has 0 bridgehead atoms. The van der Waals surface area contributed by atoms with E-state index in [9.17, 15) is 9.90 Å². The number of hydrogen-bond acceptors (Lipinski definition) is 5. The van der Waals surface area contributed by atoms with E-state index in [0.717, 1.165) is 22.6 Å². The van der Waals surface area contributed by atoms with Crippen molar-refractivity contribution in [2.45, 2.75) is 25.1 Å². The third-order valence-corrected chi connectivity index (χ3v) is 4.46. The highest BCUT2D eigenvalue weighted by Crippen LogP contribution is 2.22. The average Bonchev–Trinajstić information content (AvgIpc) is 2.67. The van der Waals surface area contributed by atoms with Crippen LogP contribution >= 0.6 is 0 Å². The van der Waals surface area contributed by atoms with E-state index in [4.69, 9.17) is 9.84 Å². The number of hydrogen-bond donors (Lipinski definition) is 4. The van der Waals surface area contributed by atoms with Crippen LogP contribution in [-0.2, 0) is 13.0 Å². The number of aliphatic hydroxyl groups is 1. The summed E-state index contributed by atoms with van der Waals surface area (Å²) in [6.45, 7) is 0.784. The summed E-state index contributed by atoms with van der Waals surface area (Å²) in [4.78, 5) is 13.1. The number of anilines is 1. The topological polar surface area (TPSA) is 94.1 Å². The zero-order valence-electron chi connectivity index (χ0n) is 16.6. The summed E-state index contributed by atoms with van der Waals surface area (Å²) < 4.78 is 5.34. The maximum absolute atomic E-state index is 11.1. The van der Waals surface area contributed by atoms with E-state index >= 15 is 0 Å². The van der Waals surface area contributed by atoms with Gasteiger partial charge in [0.25, 0.3) is 0 Å². The second-order valence-electron chi connectivity index (χ2n) is 6.88. The van der Waals surface area contributed by atoms with Gasteiger partial charge >= 0.3 is 6.09 Å². The van der Waals surface area contributed by atoms with Gasteiger partial charge in [0, 0.05) is 38.9 Å². The summed E-state index contributed by atoms with van der Waals surface area (Å²) in [7, 11) is 5.55. The Balaban J connectivity index is 1.97. The number of benzene rings is 2. The van der Waals surface area contributed by atoms with Crippen molar-refractivity contribution in [3.05, 3.63) is 59.7 Å². The molecule has 0 saturated heterocycles. The Labute approximate surface area is 165 Å². The van der Waals surface area contributed by atoms with Crippen LogP contribution in [0.3, 0.4) is 0 Å². The minimum absolute atomic E-state index is 0.256. The highest BCUT2D eigenvalue weighted by atomic mass is 16.5. The molecule has 0 aliphatic heterocycles. The summed E-state index contributed by atoms with van der Waals surface area (Å²) in [6, 6.07) is 14.8. The van der Waals surface area contributed by atoms with Crippen LogP contribution in [0.2, 0.25) is 0 Å². The summed E-state index contributed by atoms with van der Waals surface area (Å²) in [5.41, 5.74) is 3.00. The lowest BCUT2D eigenvalue weighted by atomic mass is 10.0. The van der Waals surface area contributed by atoms with Crippen molar-refractivity contribution in [1.29, 1.82) is 0 Å². The number of aliphatic hydroxyl groups excluding tert-OH is 1. The third-order valence-electron chi connectivity index (χ3n) is 4.46. The van der Waals surface area contributed by atoms with Gasteiger partial charge in [-0.15, -0.1) is 0 Å². The first-order valence-corrected chi connectivity index (χ1v) is 9.16. The molecular formula is C21H29N3O4. The number of amides is 1. The molecule has 7 heteroatoms. The van der Waals surface area contributed by atoms with E-state index in [1.54, 1.807) is 7.11 Å². The van der Waals surface area contributed by atoms with E-state index in [1.807, 2.05) is 67.5 Å². The number of carbonyl (C=O) groups is 1. The van der Waals surface area contributed by atoms with E-state index in [2.05, 4.69) is 10.6 Å². The number of methoxy groups -OCH3 is 1. The Morgan fingerprint density at radius 2 is 1.86 bits per heavy atom. The molecule has 0 aromatic heterocycles. The summed E-state index contributed by atoms with van der Waals surface area (Å²) in [5, 5.41) is 25.2. The fourth-order valence-corrected chi connectivity index (χ4v) is 2.94. The molecule has 0 heterocycles. The van der Waals surface area contributed by atoms with Crippen LogP contribution in [-0.4, -0.2) is 56.2 Å². The number of nitrogens with zero attached hydrogens (tertiary/aromatic N) is 1. The Morgan fingerprint density at radius 3 is 2.46 bits per heavy atom. The predicted molar refractivity (Wildman–Crippen MR) is 110 cm³/mol. The number of rotatable bonds is 10. The Hall–Kier alpha value is -2.77. The highest BCUT2D eigenvalue weighted by Gasteiger charge is 2.21. The SMILES string of the molecule is COc1cc(CNC[C@H](O)[C@H](Cc2ccccc2)NC(=O)O)cc(N(C)C)c1. The molecule has 0 unspecified atom stereocenters.